The van der Waals surface area contributed by atoms with Crippen LogP contribution in [0.15, 0.2) is 30.3 Å². The van der Waals surface area contributed by atoms with Gasteiger partial charge in [-0.25, -0.2) is 4.39 Å². The van der Waals surface area contributed by atoms with Gasteiger partial charge in [0.1, 0.15) is 5.82 Å². The lowest BCUT2D eigenvalue weighted by atomic mass is 10.0. The molecule has 1 N–H and O–H groups in total. The Morgan fingerprint density at radius 3 is 2.21 bits per heavy atom. The smallest absolute Gasteiger partial charge is 0.128 e. The van der Waals surface area contributed by atoms with Crippen molar-refractivity contribution in [3.05, 3.63) is 56.8 Å². The second-order valence-corrected chi connectivity index (χ2v) is 5.33. The zero-order chi connectivity index (χ0) is 14.0. The highest BCUT2D eigenvalue weighted by Gasteiger charge is 2.12. The molecule has 0 saturated carbocycles. The van der Waals surface area contributed by atoms with Crippen molar-refractivity contribution in [2.24, 2.45) is 0 Å². The summed E-state index contributed by atoms with van der Waals surface area (Å²) in [7, 11) is 1.76. The molecular formula is C14H11Cl3FN. The Morgan fingerprint density at radius 1 is 1.05 bits per heavy atom. The summed E-state index contributed by atoms with van der Waals surface area (Å²) in [5, 5.41) is 4.16. The first-order valence-electron chi connectivity index (χ1n) is 5.61. The monoisotopic (exact) mass is 317 g/mol. The molecule has 2 aromatic carbocycles. The predicted octanol–water partition coefficient (Wildman–Crippen LogP) is 5.17. The molecule has 0 spiro atoms. The van der Waals surface area contributed by atoms with Crippen LogP contribution in [0.25, 0.3) is 11.1 Å². The van der Waals surface area contributed by atoms with Crippen LogP contribution < -0.4 is 5.32 Å². The Balaban J connectivity index is 2.51. The van der Waals surface area contributed by atoms with Crippen LogP contribution in [-0.2, 0) is 6.54 Å². The van der Waals surface area contributed by atoms with Crippen LogP contribution in [0.4, 0.5) is 4.39 Å². The highest BCUT2D eigenvalue weighted by atomic mass is 35.5. The average molecular weight is 319 g/mol. The summed E-state index contributed by atoms with van der Waals surface area (Å²) in [4.78, 5) is 0. The van der Waals surface area contributed by atoms with E-state index in [1.165, 1.54) is 6.07 Å². The Labute approximate surface area is 126 Å². The Kier molecular flexibility index (Phi) is 4.69. The van der Waals surface area contributed by atoms with Gasteiger partial charge in [0.15, 0.2) is 0 Å². The Hall–Kier alpha value is -0.800. The van der Waals surface area contributed by atoms with Crippen LogP contribution in [0.5, 0.6) is 0 Å². The molecule has 0 bridgehead atoms. The quantitative estimate of drug-likeness (QED) is 0.823. The zero-order valence-corrected chi connectivity index (χ0v) is 12.4. The van der Waals surface area contributed by atoms with Crippen molar-refractivity contribution in [1.82, 2.24) is 5.32 Å². The number of rotatable bonds is 3. The van der Waals surface area contributed by atoms with Gasteiger partial charge in [0.05, 0.1) is 10.0 Å². The van der Waals surface area contributed by atoms with Gasteiger partial charge >= 0.3 is 0 Å². The molecule has 0 unspecified atom stereocenters. The van der Waals surface area contributed by atoms with Gasteiger partial charge in [0.2, 0.25) is 0 Å². The molecule has 0 heterocycles. The van der Waals surface area contributed by atoms with Crippen molar-refractivity contribution >= 4 is 34.8 Å². The van der Waals surface area contributed by atoms with E-state index in [-0.39, 0.29) is 5.82 Å². The van der Waals surface area contributed by atoms with Gasteiger partial charge in [0.25, 0.3) is 0 Å². The van der Waals surface area contributed by atoms with Crippen LogP contribution in [0, 0.1) is 5.82 Å². The van der Waals surface area contributed by atoms with E-state index in [4.69, 9.17) is 34.8 Å². The number of halogens is 4. The summed E-state index contributed by atoms with van der Waals surface area (Å²) < 4.78 is 13.9. The van der Waals surface area contributed by atoms with E-state index in [1.807, 2.05) is 0 Å². The summed E-state index contributed by atoms with van der Waals surface area (Å²) >= 11 is 18.1. The molecule has 1 nitrogen and oxygen atoms in total. The highest BCUT2D eigenvalue weighted by Crippen LogP contribution is 2.37. The normalized spacial score (nSPS) is 10.8. The second-order valence-electron chi connectivity index (χ2n) is 4.08. The van der Waals surface area contributed by atoms with E-state index in [0.29, 0.717) is 38.3 Å². The lowest BCUT2D eigenvalue weighted by molar-refractivity contribution is 0.601. The molecule has 2 aromatic rings. The number of nitrogens with one attached hydrogen (secondary N) is 1. The summed E-state index contributed by atoms with van der Waals surface area (Å²) in [6.07, 6.45) is 0. The molecule has 19 heavy (non-hydrogen) atoms. The molecule has 2 rings (SSSR count). The molecule has 5 heteroatoms. The third-order valence-electron chi connectivity index (χ3n) is 2.72. The van der Waals surface area contributed by atoms with Crippen molar-refractivity contribution in [2.45, 2.75) is 6.54 Å². The second kappa shape index (κ2) is 6.10. The van der Waals surface area contributed by atoms with Crippen molar-refractivity contribution in [3.63, 3.8) is 0 Å². The van der Waals surface area contributed by atoms with Crippen molar-refractivity contribution < 1.29 is 4.39 Å². The lowest BCUT2D eigenvalue weighted by Crippen LogP contribution is -2.06. The fourth-order valence-corrected chi connectivity index (χ4v) is 2.89. The van der Waals surface area contributed by atoms with Crippen LogP contribution in [0.3, 0.4) is 0 Å². The summed E-state index contributed by atoms with van der Waals surface area (Å²) in [6.45, 7) is 0.466. The van der Waals surface area contributed by atoms with Gasteiger partial charge in [-0.2, -0.15) is 0 Å². The Bertz CT molecular complexity index is 591. The minimum Gasteiger partial charge on any atom is -0.316 e. The minimum atomic E-state index is -0.297. The van der Waals surface area contributed by atoms with Gasteiger partial charge in [-0.05, 0) is 30.8 Å². The van der Waals surface area contributed by atoms with Gasteiger partial charge in [-0.3, -0.25) is 0 Å². The molecule has 100 valence electrons. The van der Waals surface area contributed by atoms with Crippen molar-refractivity contribution in [2.75, 3.05) is 7.05 Å². The van der Waals surface area contributed by atoms with E-state index in [9.17, 15) is 4.39 Å². The molecule has 0 aliphatic carbocycles. The minimum absolute atomic E-state index is 0.297. The van der Waals surface area contributed by atoms with E-state index >= 15 is 0 Å². The van der Waals surface area contributed by atoms with Crippen LogP contribution in [0.1, 0.15) is 5.56 Å². The fraction of sp³-hybridized carbons (Fsp3) is 0.143. The molecule has 0 saturated heterocycles. The maximum atomic E-state index is 13.9. The third-order valence-corrected chi connectivity index (χ3v) is 3.53. The lowest BCUT2D eigenvalue weighted by Gasteiger charge is -2.10. The fourth-order valence-electron chi connectivity index (χ4n) is 1.85. The number of hydrogen-bond donors (Lipinski definition) is 1. The predicted molar refractivity (Wildman–Crippen MR) is 79.6 cm³/mol. The standard InChI is InChI=1S/C14H11Cl3FN/c1-19-7-9-3-2-8(4-13(9)18)14-11(16)5-10(15)6-12(14)17/h2-6,19H,7H2,1H3. The van der Waals surface area contributed by atoms with Gasteiger partial charge in [-0.15, -0.1) is 0 Å². The van der Waals surface area contributed by atoms with Crippen LogP contribution >= 0.6 is 34.8 Å². The summed E-state index contributed by atoms with van der Waals surface area (Å²) in [5.41, 5.74) is 1.80. The third kappa shape index (κ3) is 3.21. The molecular weight excluding hydrogens is 308 g/mol. The SMILES string of the molecule is CNCc1ccc(-c2c(Cl)cc(Cl)cc2Cl)cc1F. The van der Waals surface area contributed by atoms with Gasteiger partial charge in [0, 0.05) is 22.7 Å². The molecule has 0 aliphatic rings. The molecule has 0 amide bonds. The highest BCUT2D eigenvalue weighted by molar-refractivity contribution is 6.41. The van der Waals surface area contributed by atoms with Crippen molar-refractivity contribution in [1.29, 1.82) is 0 Å². The zero-order valence-electron chi connectivity index (χ0n) is 10.1. The van der Waals surface area contributed by atoms with Gasteiger partial charge < -0.3 is 5.32 Å². The largest absolute Gasteiger partial charge is 0.316 e. The molecule has 0 aromatic heterocycles. The summed E-state index contributed by atoms with van der Waals surface area (Å²) in [6, 6.07) is 8.10. The van der Waals surface area contributed by atoms with Gasteiger partial charge in [-0.1, -0.05) is 46.9 Å². The molecule has 0 radical (unpaired) electrons. The van der Waals surface area contributed by atoms with E-state index in [2.05, 4.69) is 5.32 Å². The van der Waals surface area contributed by atoms with E-state index in [0.717, 1.165) is 0 Å². The average Bonchev–Trinajstić information content (AvgIpc) is 2.31. The maximum Gasteiger partial charge on any atom is 0.128 e. The first-order chi connectivity index (χ1) is 9.02. The Morgan fingerprint density at radius 2 is 1.68 bits per heavy atom. The first kappa shape index (κ1) is 14.6. The maximum absolute atomic E-state index is 13.9. The van der Waals surface area contributed by atoms with Crippen LogP contribution in [0.2, 0.25) is 15.1 Å². The molecule has 0 aliphatic heterocycles. The molecule has 0 atom stereocenters. The number of hydrogen-bond acceptors (Lipinski definition) is 1. The van der Waals surface area contributed by atoms with E-state index < -0.39 is 0 Å². The topological polar surface area (TPSA) is 12.0 Å². The van der Waals surface area contributed by atoms with E-state index in [1.54, 1.807) is 31.3 Å². The van der Waals surface area contributed by atoms with Crippen LogP contribution in [-0.4, -0.2) is 7.05 Å². The number of benzene rings is 2. The van der Waals surface area contributed by atoms with Crippen molar-refractivity contribution in [3.8, 4) is 11.1 Å². The first-order valence-corrected chi connectivity index (χ1v) is 6.74. The molecule has 0 fully saturated rings. The summed E-state index contributed by atoms with van der Waals surface area (Å²) in [5.74, 6) is -0.297.